The topological polar surface area (TPSA) is 49.6 Å². The number of nitrogens with zero attached hydrogens (tertiary/aromatic N) is 3. The molecule has 1 unspecified atom stereocenters. The van der Waals surface area contributed by atoms with E-state index in [1.165, 1.54) is 29.0 Å². The zero-order chi connectivity index (χ0) is 25.5. The molecule has 2 fully saturated rings. The first-order chi connectivity index (χ1) is 18.0. The predicted molar refractivity (Wildman–Crippen MR) is 144 cm³/mol. The summed E-state index contributed by atoms with van der Waals surface area (Å²) in [5.41, 5.74) is 5.11. The van der Waals surface area contributed by atoms with E-state index in [1.54, 1.807) is 6.07 Å². The van der Waals surface area contributed by atoms with E-state index in [9.17, 15) is 9.18 Å². The lowest BCUT2D eigenvalue weighted by Gasteiger charge is -2.39. The quantitative estimate of drug-likeness (QED) is 0.375. The summed E-state index contributed by atoms with van der Waals surface area (Å²) < 4.78 is 19.0. The van der Waals surface area contributed by atoms with Crippen molar-refractivity contribution in [3.8, 4) is 0 Å². The molecule has 0 radical (unpaired) electrons. The number of benzene rings is 1. The number of rotatable bonds is 5. The van der Waals surface area contributed by atoms with E-state index in [0.29, 0.717) is 24.0 Å². The predicted octanol–water partition coefficient (Wildman–Crippen LogP) is 7.11. The van der Waals surface area contributed by atoms with Gasteiger partial charge in [-0.05, 0) is 81.3 Å². The average molecular weight is 547 g/mol. The van der Waals surface area contributed by atoms with Crippen LogP contribution in [-0.4, -0.2) is 52.4 Å². The van der Waals surface area contributed by atoms with Gasteiger partial charge in [-0.3, -0.25) is 4.79 Å². The van der Waals surface area contributed by atoms with Crippen LogP contribution in [-0.2, 0) is 4.79 Å². The first kappa shape index (κ1) is 25.4. The van der Waals surface area contributed by atoms with Crippen molar-refractivity contribution in [2.24, 2.45) is 5.92 Å². The Kier molecular flexibility index (Phi) is 7.34. The molecule has 2 aliphatic heterocycles. The highest BCUT2D eigenvalue weighted by Crippen LogP contribution is 2.43. The third kappa shape index (κ3) is 4.97. The number of carbonyl (C=O) groups excluding carboxylic acids is 1. The second-order valence-corrected chi connectivity index (χ2v) is 12.0. The summed E-state index contributed by atoms with van der Waals surface area (Å²) in [5.74, 6) is 0.494. The summed E-state index contributed by atoms with van der Waals surface area (Å²) in [7, 11) is 0. The minimum atomic E-state index is -0.303. The van der Waals surface area contributed by atoms with Crippen molar-refractivity contribution in [3.05, 3.63) is 51.6 Å². The van der Waals surface area contributed by atoms with E-state index < -0.39 is 0 Å². The van der Waals surface area contributed by atoms with Gasteiger partial charge in [-0.2, -0.15) is 0 Å². The second kappa shape index (κ2) is 10.7. The highest BCUT2D eigenvalue weighted by atomic mass is 35.5. The standard InChI is InChI=1S/C29H34Cl2FN3O2/c30-24-8-7-21-22(27(24)31)11-16-35(29(36)19-3-1-2-4-19)25(21)12-15-34-13-9-18(10-14-34)28-23-6-5-20(32)17-26(23)37-33-28/h5-6,17-19,24H,1-4,7-16H2. The highest BCUT2D eigenvalue weighted by molar-refractivity contribution is 6.38. The molecular formula is C29H34Cl2FN3O2. The molecule has 1 atom stereocenters. The lowest BCUT2D eigenvalue weighted by Crippen LogP contribution is -2.41. The van der Waals surface area contributed by atoms with Crippen LogP contribution in [0, 0.1) is 11.7 Å². The van der Waals surface area contributed by atoms with Gasteiger partial charge in [-0.1, -0.05) is 29.6 Å². The summed E-state index contributed by atoms with van der Waals surface area (Å²) in [6.45, 7) is 3.56. The van der Waals surface area contributed by atoms with E-state index in [2.05, 4.69) is 15.0 Å². The van der Waals surface area contributed by atoms with E-state index in [1.807, 2.05) is 0 Å². The summed E-state index contributed by atoms with van der Waals surface area (Å²) in [6.07, 6.45) is 9.70. The molecule has 0 bridgehead atoms. The third-order valence-electron chi connectivity index (χ3n) is 8.91. The first-order valence-corrected chi connectivity index (χ1v) is 14.6. The smallest absolute Gasteiger partial charge is 0.229 e. The molecule has 1 saturated heterocycles. The van der Waals surface area contributed by atoms with E-state index in [0.717, 1.165) is 100.0 Å². The van der Waals surface area contributed by atoms with Gasteiger partial charge in [0.1, 0.15) is 5.82 Å². The van der Waals surface area contributed by atoms with Crippen LogP contribution >= 0.6 is 23.2 Å². The SMILES string of the molecule is O=C(C1CCCC1)N1CCC2=C(Cl)C(Cl)CCC2=C1CCN1CCC(c2noc3cc(F)ccc23)CC1. The molecule has 0 spiro atoms. The maximum atomic E-state index is 13.5. The van der Waals surface area contributed by atoms with Gasteiger partial charge in [0.25, 0.3) is 0 Å². The summed E-state index contributed by atoms with van der Waals surface area (Å²) in [4.78, 5) is 18.2. The van der Waals surface area contributed by atoms with Crippen molar-refractivity contribution < 1.29 is 13.7 Å². The van der Waals surface area contributed by atoms with Crippen LogP contribution < -0.4 is 0 Å². The molecule has 1 aromatic carbocycles. The highest BCUT2D eigenvalue weighted by Gasteiger charge is 2.36. The van der Waals surface area contributed by atoms with Crippen LogP contribution in [0.4, 0.5) is 4.39 Å². The molecule has 6 rings (SSSR count). The van der Waals surface area contributed by atoms with Gasteiger partial charge in [0, 0.05) is 53.5 Å². The van der Waals surface area contributed by atoms with Crippen molar-refractivity contribution >= 4 is 40.1 Å². The normalized spacial score (nSPS) is 24.4. The van der Waals surface area contributed by atoms with E-state index >= 15 is 0 Å². The van der Waals surface area contributed by atoms with Gasteiger partial charge in [-0.15, -0.1) is 11.6 Å². The molecule has 1 aromatic heterocycles. The zero-order valence-electron chi connectivity index (χ0n) is 21.2. The molecule has 5 nitrogen and oxygen atoms in total. The fourth-order valence-electron chi connectivity index (χ4n) is 6.83. The Hall–Kier alpha value is -1.89. The van der Waals surface area contributed by atoms with E-state index in [-0.39, 0.29) is 17.1 Å². The number of hydrogen-bond donors (Lipinski definition) is 0. The van der Waals surface area contributed by atoms with Crippen LogP contribution in [0.15, 0.2) is 44.6 Å². The number of carbonyl (C=O) groups is 1. The lowest BCUT2D eigenvalue weighted by molar-refractivity contribution is -0.133. The van der Waals surface area contributed by atoms with Gasteiger partial charge in [0.2, 0.25) is 5.91 Å². The molecule has 3 heterocycles. The molecule has 37 heavy (non-hydrogen) atoms. The zero-order valence-corrected chi connectivity index (χ0v) is 22.7. The van der Waals surface area contributed by atoms with Gasteiger partial charge in [-0.25, -0.2) is 4.39 Å². The Bertz CT molecular complexity index is 1240. The van der Waals surface area contributed by atoms with Crippen molar-refractivity contribution in [2.75, 3.05) is 26.2 Å². The Balaban J connectivity index is 1.16. The largest absolute Gasteiger partial charge is 0.356 e. The Morgan fingerprint density at radius 2 is 1.84 bits per heavy atom. The fourth-order valence-corrected chi connectivity index (χ4v) is 7.39. The Morgan fingerprint density at radius 1 is 1.05 bits per heavy atom. The number of allylic oxidation sites excluding steroid dienone is 2. The van der Waals surface area contributed by atoms with Gasteiger partial charge in [0.05, 0.1) is 11.1 Å². The van der Waals surface area contributed by atoms with Crippen LogP contribution in [0.3, 0.4) is 0 Å². The number of halogens is 3. The summed E-state index contributed by atoms with van der Waals surface area (Å²) >= 11 is 13.2. The van der Waals surface area contributed by atoms with Crippen molar-refractivity contribution in [2.45, 2.75) is 75.5 Å². The maximum Gasteiger partial charge on any atom is 0.229 e. The fraction of sp³-hybridized carbons (Fsp3) is 0.586. The lowest BCUT2D eigenvalue weighted by atomic mass is 9.85. The summed E-state index contributed by atoms with van der Waals surface area (Å²) in [6, 6.07) is 4.66. The van der Waals surface area contributed by atoms with Crippen LogP contribution in [0.5, 0.6) is 0 Å². The van der Waals surface area contributed by atoms with Crippen molar-refractivity contribution in [1.82, 2.24) is 15.0 Å². The molecule has 8 heteroatoms. The minimum Gasteiger partial charge on any atom is -0.356 e. The molecule has 1 saturated carbocycles. The van der Waals surface area contributed by atoms with Gasteiger partial charge < -0.3 is 14.3 Å². The molecule has 198 valence electrons. The van der Waals surface area contributed by atoms with E-state index in [4.69, 9.17) is 27.7 Å². The van der Waals surface area contributed by atoms with Crippen LogP contribution in [0.2, 0.25) is 0 Å². The number of fused-ring (bicyclic) bond motifs is 2. The number of piperidine rings is 1. The van der Waals surface area contributed by atoms with Crippen LogP contribution in [0.1, 0.15) is 75.8 Å². The van der Waals surface area contributed by atoms with Crippen LogP contribution in [0.25, 0.3) is 11.0 Å². The number of likely N-dealkylation sites (tertiary alicyclic amines) is 1. The molecule has 2 aliphatic carbocycles. The maximum absolute atomic E-state index is 13.5. The van der Waals surface area contributed by atoms with Gasteiger partial charge >= 0.3 is 0 Å². The molecule has 4 aliphatic rings. The van der Waals surface area contributed by atoms with Gasteiger partial charge in [0.15, 0.2) is 5.58 Å². The molecular weight excluding hydrogens is 512 g/mol. The molecule has 0 N–H and O–H groups in total. The Labute approximate surface area is 227 Å². The molecule has 1 amide bonds. The minimum absolute atomic E-state index is 0.109. The number of hydrogen-bond acceptors (Lipinski definition) is 4. The number of amides is 1. The molecule has 2 aromatic rings. The average Bonchev–Trinajstić information content (AvgIpc) is 3.60. The second-order valence-electron chi connectivity index (χ2n) is 11.1. The summed E-state index contributed by atoms with van der Waals surface area (Å²) in [5, 5.41) is 5.88. The first-order valence-electron chi connectivity index (χ1n) is 13.8. The number of aromatic nitrogens is 1. The van der Waals surface area contributed by atoms with Crippen molar-refractivity contribution in [3.63, 3.8) is 0 Å². The Morgan fingerprint density at radius 3 is 2.62 bits per heavy atom. The third-order valence-corrected chi connectivity index (χ3v) is 9.95. The number of alkyl halides is 1. The van der Waals surface area contributed by atoms with Crippen molar-refractivity contribution in [1.29, 1.82) is 0 Å². The monoisotopic (exact) mass is 545 g/mol.